The van der Waals surface area contributed by atoms with Gasteiger partial charge >= 0.3 is 0 Å². The first kappa shape index (κ1) is 13.1. The third kappa shape index (κ3) is 3.81. The Morgan fingerprint density at radius 2 is 2.11 bits per heavy atom. The summed E-state index contributed by atoms with van der Waals surface area (Å²) in [5.74, 6) is 1.04. The van der Waals surface area contributed by atoms with Crippen LogP contribution in [-0.2, 0) is 4.79 Å². The summed E-state index contributed by atoms with van der Waals surface area (Å²) in [6, 6.07) is 11.3. The molecule has 0 fully saturated rings. The Hall–Kier alpha value is -2.36. The zero-order valence-electron chi connectivity index (χ0n) is 11.0. The van der Waals surface area contributed by atoms with Crippen molar-refractivity contribution in [3.05, 3.63) is 53.7 Å². The van der Waals surface area contributed by atoms with Crippen molar-refractivity contribution in [3.8, 4) is 5.75 Å². The highest BCUT2D eigenvalue weighted by Crippen LogP contribution is 2.13. The van der Waals surface area contributed by atoms with Crippen molar-refractivity contribution in [2.75, 3.05) is 11.9 Å². The quantitative estimate of drug-likeness (QED) is 0.915. The van der Waals surface area contributed by atoms with Crippen LogP contribution in [-0.4, -0.2) is 17.5 Å². The number of nitrogens with one attached hydrogen (secondary N) is 1. The first-order valence-electron chi connectivity index (χ1n) is 6.06. The second-order valence-corrected chi connectivity index (χ2v) is 4.32. The van der Waals surface area contributed by atoms with E-state index in [4.69, 9.17) is 4.74 Å². The molecule has 0 aliphatic rings. The fraction of sp³-hybridized carbons (Fsp3) is 0.200. The van der Waals surface area contributed by atoms with Crippen LogP contribution in [0.5, 0.6) is 5.75 Å². The van der Waals surface area contributed by atoms with Crippen molar-refractivity contribution in [1.82, 2.24) is 4.98 Å². The van der Waals surface area contributed by atoms with Crippen LogP contribution in [0.3, 0.4) is 0 Å². The highest BCUT2D eigenvalue weighted by atomic mass is 16.5. The van der Waals surface area contributed by atoms with Gasteiger partial charge in [0, 0.05) is 6.20 Å². The van der Waals surface area contributed by atoms with Gasteiger partial charge in [0.25, 0.3) is 5.91 Å². The van der Waals surface area contributed by atoms with Crippen molar-refractivity contribution < 1.29 is 9.53 Å². The number of amides is 1. The minimum absolute atomic E-state index is 0.0283. The molecule has 0 bridgehead atoms. The lowest BCUT2D eigenvalue weighted by molar-refractivity contribution is -0.118. The number of aryl methyl sites for hydroxylation is 2. The Labute approximate surface area is 112 Å². The van der Waals surface area contributed by atoms with Gasteiger partial charge in [-0.3, -0.25) is 4.79 Å². The molecule has 4 nitrogen and oxygen atoms in total. The molecule has 0 radical (unpaired) electrons. The minimum atomic E-state index is -0.219. The zero-order chi connectivity index (χ0) is 13.7. The minimum Gasteiger partial charge on any atom is -0.484 e. The highest BCUT2D eigenvalue weighted by Gasteiger charge is 2.06. The fourth-order valence-electron chi connectivity index (χ4n) is 1.64. The van der Waals surface area contributed by atoms with Gasteiger partial charge < -0.3 is 10.1 Å². The first-order chi connectivity index (χ1) is 9.15. The predicted molar refractivity (Wildman–Crippen MR) is 74.3 cm³/mol. The molecule has 1 heterocycles. The summed E-state index contributed by atoms with van der Waals surface area (Å²) >= 11 is 0. The van der Waals surface area contributed by atoms with E-state index in [1.807, 2.05) is 50.2 Å². The standard InChI is InChI=1S/C15H16N2O2/c1-11-5-3-7-13(9-11)19-10-14(18)17-15-12(2)6-4-8-16-15/h3-9H,10H2,1-2H3,(H,16,17,18). The van der Waals surface area contributed by atoms with Gasteiger partial charge in [-0.1, -0.05) is 18.2 Å². The van der Waals surface area contributed by atoms with E-state index in [2.05, 4.69) is 10.3 Å². The SMILES string of the molecule is Cc1cccc(OCC(=O)Nc2ncccc2C)c1. The summed E-state index contributed by atoms with van der Waals surface area (Å²) in [6.07, 6.45) is 1.64. The van der Waals surface area contributed by atoms with Gasteiger partial charge in [-0.25, -0.2) is 4.98 Å². The molecule has 0 aliphatic heterocycles. The van der Waals surface area contributed by atoms with E-state index in [0.717, 1.165) is 11.1 Å². The molecule has 0 atom stereocenters. The molecule has 2 aromatic rings. The normalized spacial score (nSPS) is 10.0. The largest absolute Gasteiger partial charge is 0.484 e. The van der Waals surface area contributed by atoms with Crippen molar-refractivity contribution in [3.63, 3.8) is 0 Å². The number of nitrogens with zero attached hydrogens (tertiary/aromatic N) is 1. The van der Waals surface area contributed by atoms with Crippen LogP contribution < -0.4 is 10.1 Å². The maximum Gasteiger partial charge on any atom is 0.263 e. The number of rotatable bonds is 4. The van der Waals surface area contributed by atoms with Crippen LogP contribution in [0.15, 0.2) is 42.6 Å². The van der Waals surface area contributed by atoms with E-state index >= 15 is 0 Å². The number of pyridine rings is 1. The van der Waals surface area contributed by atoms with Crippen molar-refractivity contribution in [2.24, 2.45) is 0 Å². The zero-order valence-corrected chi connectivity index (χ0v) is 11.0. The summed E-state index contributed by atoms with van der Waals surface area (Å²) < 4.78 is 5.42. The van der Waals surface area contributed by atoms with Crippen LogP contribution in [0.25, 0.3) is 0 Å². The van der Waals surface area contributed by atoms with Gasteiger partial charge in [-0.05, 0) is 43.2 Å². The predicted octanol–water partition coefficient (Wildman–Crippen LogP) is 2.72. The number of ether oxygens (including phenoxy) is 1. The summed E-state index contributed by atoms with van der Waals surface area (Å²) in [6.45, 7) is 3.84. The van der Waals surface area contributed by atoms with E-state index in [9.17, 15) is 4.79 Å². The summed E-state index contributed by atoms with van der Waals surface area (Å²) in [5.41, 5.74) is 2.02. The number of carbonyl (C=O) groups is 1. The lowest BCUT2D eigenvalue weighted by Gasteiger charge is -2.08. The molecule has 98 valence electrons. The third-order valence-corrected chi connectivity index (χ3v) is 2.63. The van der Waals surface area contributed by atoms with E-state index in [-0.39, 0.29) is 12.5 Å². The fourth-order valence-corrected chi connectivity index (χ4v) is 1.64. The Morgan fingerprint density at radius 3 is 2.84 bits per heavy atom. The molecule has 1 aromatic carbocycles. The van der Waals surface area contributed by atoms with Crippen LogP contribution in [0, 0.1) is 13.8 Å². The number of carbonyl (C=O) groups excluding carboxylic acids is 1. The second-order valence-electron chi connectivity index (χ2n) is 4.32. The van der Waals surface area contributed by atoms with Gasteiger partial charge in [-0.2, -0.15) is 0 Å². The molecular formula is C15H16N2O2. The smallest absolute Gasteiger partial charge is 0.263 e. The van der Waals surface area contributed by atoms with Crippen LogP contribution >= 0.6 is 0 Å². The molecule has 1 N–H and O–H groups in total. The average Bonchev–Trinajstić information content (AvgIpc) is 2.39. The molecule has 19 heavy (non-hydrogen) atoms. The van der Waals surface area contributed by atoms with Crippen molar-refractivity contribution >= 4 is 11.7 Å². The Balaban J connectivity index is 1.90. The monoisotopic (exact) mass is 256 g/mol. The van der Waals surface area contributed by atoms with Crippen LogP contribution in [0.2, 0.25) is 0 Å². The Kier molecular flexibility index (Phi) is 4.13. The van der Waals surface area contributed by atoms with Gasteiger partial charge in [0.1, 0.15) is 11.6 Å². The molecule has 0 saturated heterocycles. The number of anilines is 1. The lowest BCUT2D eigenvalue weighted by atomic mass is 10.2. The summed E-state index contributed by atoms with van der Waals surface area (Å²) in [5, 5.41) is 2.72. The molecule has 0 saturated carbocycles. The van der Waals surface area contributed by atoms with E-state index in [1.54, 1.807) is 6.20 Å². The van der Waals surface area contributed by atoms with Gasteiger partial charge in [-0.15, -0.1) is 0 Å². The van der Waals surface area contributed by atoms with Crippen molar-refractivity contribution in [1.29, 1.82) is 0 Å². The third-order valence-electron chi connectivity index (χ3n) is 2.63. The Bertz CT molecular complexity index is 582. The maximum absolute atomic E-state index is 11.7. The average molecular weight is 256 g/mol. The molecule has 2 rings (SSSR count). The topological polar surface area (TPSA) is 51.2 Å². The van der Waals surface area contributed by atoms with Gasteiger partial charge in [0.2, 0.25) is 0 Å². The van der Waals surface area contributed by atoms with Gasteiger partial charge in [0.15, 0.2) is 6.61 Å². The second kappa shape index (κ2) is 6.00. The molecule has 4 heteroatoms. The maximum atomic E-state index is 11.7. The highest BCUT2D eigenvalue weighted by molar-refractivity contribution is 5.91. The summed E-state index contributed by atoms with van der Waals surface area (Å²) in [4.78, 5) is 15.8. The number of aromatic nitrogens is 1. The molecule has 1 amide bonds. The number of hydrogen-bond donors (Lipinski definition) is 1. The Morgan fingerprint density at radius 1 is 1.26 bits per heavy atom. The van der Waals surface area contributed by atoms with Crippen molar-refractivity contribution in [2.45, 2.75) is 13.8 Å². The first-order valence-corrected chi connectivity index (χ1v) is 6.06. The lowest BCUT2D eigenvalue weighted by Crippen LogP contribution is -2.21. The van der Waals surface area contributed by atoms with E-state index in [1.165, 1.54) is 0 Å². The van der Waals surface area contributed by atoms with E-state index in [0.29, 0.717) is 11.6 Å². The molecular weight excluding hydrogens is 240 g/mol. The van der Waals surface area contributed by atoms with Crippen LogP contribution in [0.1, 0.15) is 11.1 Å². The molecule has 1 aromatic heterocycles. The molecule has 0 aliphatic carbocycles. The summed E-state index contributed by atoms with van der Waals surface area (Å²) in [7, 11) is 0. The molecule has 0 unspecified atom stereocenters. The van der Waals surface area contributed by atoms with E-state index < -0.39 is 0 Å². The van der Waals surface area contributed by atoms with Crippen LogP contribution in [0.4, 0.5) is 5.82 Å². The number of hydrogen-bond acceptors (Lipinski definition) is 3. The number of benzene rings is 1. The van der Waals surface area contributed by atoms with Gasteiger partial charge in [0.05, 0.1) is 0 Å². The molecule has 0 spiro atoms.